The summed E-state index contributed by atoms with van der Waals surface area (Å²) in [6.07, 6.45) is 3.63. The summed E-state index contributed by atoms with van der Waals surface area (Å²) in [5.41, 5.74) is 2.79. The third-order valence-electron chi connectivity index (χ3n) is 5.33. The second-order valence-electron chi connectivity index (χ2n) is 7.35. The van der Waals surface area contributed by atoms with Crippen molar-refractivity contribution >= 4 is 28.5 Å². The van der Waals surface area contributed by atoms with Gasteiger partial charge in [0, 0.05) is 22.8 Å². The molecule has 0 saturated heterocycles. The van der Waals surface area contributed by atoms with Gasteiger partial charge in [0.1, 0.15) is 11.2 Å². The van der Waals surface area contributed by atoms with Gasteiger partial charge in [-0.15, -0.1) is 0 Å². The minimum absolute atomic E-state index is 0.0335. The molecule has 158 valence electrons. The fourth-order valence-electron chi connectivity index (χ4n) is 3.68. The van der Waals surface area contributed by atoms with Crippen molar-refractivity contribution in [2.45, 2.75) is 5.60 Å². The number of pyridine rings is 1. The van der Waals surface area contributed by atoms with E-state index in [9.17, 15) is 9.90 Å². The largest absolute Gasteiger partial charge is 0.379 e. The first-order valence-corrected chi connectivity index (χ1v) is 10.3. The maximum atomic E-state index is 12.0. The lowest BCUT2D eigenvalue weighted by Crippen LogP contribution is -2.44. The molecule has 1 atom stereocenters. The zero-order valence-corrected chi connectivity index (χ0v) is 17.8. The van der Waals surface area contributed by atoms with Crippen molar-refractivity contribution in [3.63, 3.8) is 0 Å². The lowest BCUT2D eigenvalue weighted by molar-refractivity contribution is -0.121. The Bertz CT molecular complexity index is 1190. The number of nitrogens with zero attached hydrogens (tertiary/aromatic N) is 1. The Labute approximate surface area is 185 Å². The van der Waals surface area contributed by atoms with Crippen LogP contribution in [0.2, 0.25) is 5.02 Å². The van der Waals surface area contributed by atoms with E-state index in [1.54, 1.807) is 37.5 Å². The number of H-pyrrole nitrogens is 1. The Morgan fingerprint density at radius 1 is 1.06 bits per heavy atom. The lowest BCUT2D eigenvalue weighted by Gasteiger charge is -2.30. The molecule has 1 amide bonds. The van der Waals surface area contributed by atoms with Gasteiger partial charge in [-0.2, -0.15) is 0 Å². The molecule has 2 aromatic carbocycles. The summed E-state index contributed by atoms with van der Waals surface area (Å²) in [6, 6.07) is 18.7. The van der Waals surface area contributed by atoms with Crippen molar-refractivity contribution in [1.29, 1.82) is 0 Å². The number of aromatic amines is 1. The number of rotatable bonds is 7. The highest BCUT2D eigenvalue weighted by molar-refractivity contribution is 6.30. The molecule has 2 heterocycles. The van der Waals surface area contributed by atoms with Crippen molar-refractivity contribution in [3.05, 3.63) is 89.2 Å². The Balaban J connectivity index is 1.70. The van der Waals surface area contributed by atoms with Crippen LogP contribution < -0.4 is 10.6 Å². The third kappa shape index (κ3) is 4.32. The van der Waals surface area contributed by atoms with E-state index in [0.717, 1.165) is 22.2 Å². The summed E-state index contributed by atoms with van der Waals surface area (Å²) in [5, 5.41) is 18.9. The minimum atomic E-state index is -1.41. The number of amides is 1. The summed E-state index contributed by atoms with van der Waals surface area (Å²) in [6.45, 7) is 0.205. The predicted octanol–water partition coefficient (Wildman–Crippen LogP) is 3.45. The van der Waals surface area contributed by atoms with Crippen LogP contribution in [0.4, 0.5) is 0 Å². The molecule has 0 aliphatic heterocycles. The molecule has 0 radical (unpaired) electrons. The number of benzene rings is 2. The molecule has 1 unspecified atom stereocenters. The van der Waals surface area contributed by atoms with Crippen LogP contribution in [0.5, 0.6) is 0 Å². The molecular weight excluding hydrogens is 412 g/mol. The summed E-state index contributed by atoms with van der Waals surface area (Å²) in [7, 11) is 1.70. The first kappa shape index (κ1) is 21.1. The number of carbonyl (C=O) groups excluding carboxylic acids is 1. The summed E-state index contributed by atoms with van der Waals surface area (Å²) in [4.78, 5) is 19.5. The van der Waals surface area contributed by atoms with E-state index >= 15 is 0 Å². The number of fused-ring (bicyclic) bond motifs is 1. The number of nitrogens with one attached hydrogen (secondary N) is 3. The molecule has 0 spiro atoms. The van der Waals surface area contributed by atoms with E-state index in [4.69, 9.17) is 11.6 Å². The number of hydrogen-bond acceptors (Lipinski definition) is 4. The van der Waals surface area contributed by atoms with Crippen LogP contribution in [0.25, 0.3) is 22.2 Å². The van der Waals surface area contributed by atoms with Crippen LogP contribution in [0.15, 0.2) is 73.1 Å². The second kappa shape index (κ2) is 8.89. The molecule has 0 bridgehead atoms. The number of carbonyl (C=O) groups is 1. The van der Waals surface area contributed by atoms with E-state index in [0.29, 0.717) is 16.1 Å². The van der Waals surface area contributed by atoms with Gasteiger partial charge in [0.05, 0.1) is 13.1 Å². The van der Waals surface area contributed by atoms with Gasteiger partial charge in [0.25, 0.3) is 0 Å². The Morgan fingerprint density at radius 3 is 2.42 bits per heavy atom. The summed E-state index contributed by atoms with van der Waals surface area (Å²) in [5.74, 6) is -0.196. The Morgan fingerprint density at radius 2 is 1.74 bits per heavy atom. The van der Waals surface area contributed by atoms with Gasteiger partial charge in [-0.05, 0) is 53.6 Å². The predicted molar refractivity (Wildman–Crippen MR) is 123 cm³/mol. The zero-order valence-electron chi connectivity index (χ0n) is 17.0. The van der Waals surface area contributed by atoms with E-state index in [-0.39, 0.29) is 19.0 Å². The lowest BCUT2D eigenvalue weighted by atomic mass is 9.85. The van der Waals surface area contributed by atoms with Crippen LogP contribution in [-0.2, 0) is 10.4 Å². The molecule has 2 aromatic heterocycles. The molecule has 7 heteroatoms. The van der Waals surface area contributed by atoms with Crippen LogP contribution in [0.1, 0.15) is 11.1 Å². The minimum Gasteiger partial charge on any atom is -0.379 e. The molecular formula is C24H23ClN4O2. The number of aliphatic hydroxyl groups is 1. The van der Waals surface area contributed by atoms with E-state index in [1.165, 1.54) is 0 Å². The monoisotopic (exact) mass is 434 g/mol. The van der Waals surface area contributed by atoms with Crippen LogP contribution >= 0.6 is 11.6 Å². The number of aromatic nitrogens is 2. The second-order valence-corrected chi connectivity index (χ2v) is 7.79. The number of halogens is 1. The number of hydrogen-bond donors (Lipinski definition) is 4. The molecule has 0 fully saturated rings. The smallest absolute Gasteiger partial charge is 0.234 e. The van der Waals surface area contributed by atoms with E-state index in [1.807, 2.05) is 42.6 Å². The molecule has 0 aliphatic rings. The average Bonchev–Trinajstić information content (AvgIpc) is 3.27. The third-order valence-corrected chi connectivity index (χ3v) is 5.59. The first-order valence-electron chi connectivity index (χ1n) is 9.94. The standard InChI is InChI=1S/C24H23ClN4O2/c1-26-14-22(30)29-15-24(31,18-6-8-19(25)9-7-18)17-4-2-16(3-5-17)20-10-12-27-23-21(20)11-13-28-23/h2-13,26,31H,14-15H2,1H3,(H,27,28)(H,29,30). The van der Waals surface area contributed by atoms with Crippen molar-refractivity contribution in [2.24, 2.45) is 0 Å². The van der Waals surface area contributed by atoms with Crippen LogP contribution in [-0.4, -0.2) is 41.1 Å². The molecule has 6 nitrogen and oxygen atoms in total. The van der Waals surface area contributed by atoms with Crippen LogP contribution in [0.3, 0.4) is 0 Å². The van der Waals surface area contributed by atoms with Gasteiger partial charge in [0.2, 0.25) is 5.91 Å². The van der Waals surface area contributed by atoms with Crippen molar-refractivity contribution in [2.75, 3.05) is 20.1 Å². The van der Waals surface area contributed by atoms with Gasteiger partial charge in [-0.25, -0.2) is 4.98 Å². The maximum absolute atomic E-state index is 12.0. The molecule has 4 aromatic rings. The fourth-order valence-corrected chi connectivity index (χ4v) is 3.81. The normalized spacial score (nSPS) is 13.1. The molecule has 0 aliphatic carbocycles. The van der Waals surface area contributed by atoms with Gasteiger partial charge >= 0.3 is 0 Å². The molecule has 0 saturated carbocycles. The first-order chi connectivity index (χ1) is 15.0. The molecule has 31 heavy (non-hydrogen) atoms. The molecule has 4 rings (SSSR count). The quantitative estimate of drug-likeness (QED) is 0.358. The van der Waals surface area contributed by atoms with Crippen molar-refractivity contribution < 1.29 is 9.90 Å². The van der Waals surface area contributed by atoms with Crippen molar-refractivity contribution in [3.8, 4) is 11.1 Å². The van der Waals surface area contributed by atoms with Crippen LogP contribution in [0, 0.1) is 0 Å². The van der Waals surface area contributed by atoms with E-state index in [2.05, 4.69) is 20.6 Å². The maximum Gasteiger partial charge on any atom is 0.234 e. The highest BCUT2D eigenvalue weighted by atomic mass is 35.5. The summed E-state index contributed by atoms with van der Waals surface area (Å²) >= 11 is 6.04. The highest BCUT2D eigenvalue weighted by Gasteiger charge is 2.32. The van der Waals surface area contributed by atoms with Gasteiger partial charge in [-0.3, -0.25) is 4.79 Å². The Hall–Kier alpha value is -3.19. The Kier molecular flexibility index (Phi) is 6.04. The van der Waals surface area contributed by atoms with Gasteiger partial charge in [0.15, 0.2) is 0 Å². The summed E-state index contributed by atoms with van der Waals surface area (Å²) < 4.78 is 0. The highest BCUT2D eigenvalue weighted by Crippen LogP contribution is 2.33. The zero-order chi connectivity index (χ0) is 21.8. The fraction of sp³-hybridized carbons (Fsp3) is 0.167. The van der Waals surface area contributed by atoms with Crippen molar-refractivity contribution in [1.82, 2.24) is 20.6 Å². The topological polar surface area (TPSA) is 90.0 Å². The SMILES string of the molecule is CNCC(=O)NCC(O)(c1ccc(Cl)cc1)c1ccc(-c2ccnc3[nH]ccc23)cc1. The average molecular weight is 435 g/mol. The van der Waals surface area contributed by atoms with Gasteiger partial charge in [-0.1, -0.05) is 48.0 Å². The number of likely N-dealkylation sites (N-methyl/N-ethyl adjacent to an activating group) is 1. The van der Waals surface area contributed by atoms with Gasteiger partial charge < -0.3 is 20.7 Å². The molecule has 4 N–H and O–H groups in total. The van der Waals surface area contributed by atoms with E-state index < -0.39 is 5.60 Å².